The third kappa shape index (κ3) is 12.4. The van der Waals surface area contributed by atoms with Crippen LogP contribution in [0.4, 0.5) is 0 Å². The molecule has 0 saturated heterocycles. The molecular formula is C28H26Cl4FeO2P. The normalized spacial score (nSPS) is 10.7. The second-order valence-corrected chi connectivity index (χ2v) is 20.6. The Labute approximate surface area is 233 Å². The Kier molecular flexibility index (Phi) is 13.6. The second-order valence-electron chi connectivity index (χ2n) is 7.14. The predicted octanol–water partition coefficient (Wildman–Crippen LogP) is 8.19. The van der Waals surface area contributed by atoms with Crippen LogP contribution in [0.5, 0.6) is 5.75 Å². The Hall–Kier alpha value is -1.80. The van der Waals surface area contributed by atoms with E-state index in [0.29, 0.717) is 5.75 Å². The Morgan fingerprint density at radius 2 is 1.06 bits per heavy atom. The molecule has 0 aliphatic rings. The van der Waals surface area contributed by atoms with Crippen LogP contribution in [-0.4, -0.2) is 5.97 Å². The standard InChI is InChI=1S/C20H17O2P.C8H8.4ClH.Fe/c1-16(21)22-17-12-14-20(15-13-17)23(18-8-4-2-5-9-18)19-10-6-3-7-11-19;1-2-8-6-4-3-5-7-8;;;;;/h2-15H,1H3;2-7H,1H2;4*1H;/q;;;;;;+3/p-3. The second kappa shape index (κ2) is 16.1. The van der Waals surface area contributed by atoms with E-state index < -0.39 is 17.1 Å². The molecule has 4 rings (SSSR count). The first-order valence-corrected chi connectivity index (χ1v) is 18.2. The van der Waals surface area contributed by atoms with Gasteiger partial charge in [-0.15, -0.1) is 0 Å². The van der Waals surface area contributed by atoms with E-state index in [-0.39, 0.29) is 5.97 Å². The number of ether oxygens (including phenoxy) is 1. The topological polar surface area (TPSA) is 26.3 Å². The van der Waals surface area contributed by atoms with E-state index in [9.17, 15) is 4.79 Å². The third-order valence-electron chi connectivity index (χ3n) is 4.56. The molecule has 0 heterocycles. The van der Waals surface area contributed by atoms with Gasteiger partial charge < -0.3 is 4.74 Å². The zero-order chi connectivity index (χ0) is 26.4. The zero-order valence-electron chi connectivity index (χ0n) is 19.4. The van der Waals surface area contributed by atoms with Gasteiger partial charge in [-0.1, -0.05) is 79.4 Å². The first-order chi connectivity index (χ1) is 17.2. The van der Waals surface area contributed by atoms with E-state index >= 15 is 0 Å². The fraction of sp³-hybridized carbons (Fsp3) is 0.0357. The van der Waals surface area contributed by atoms with E-state index in [2.05, 4.69) is 67.2 Å². The van der Waals surface area contributed by atoms with Crippen LogP contribution in [0.25, 0.3) is 6.08 Å². The molecule has 0 spiro atoms. The van der Waals surface area contributed by atoms with Crippen LogP contribution in [-0.2, 0) is 14.0 Å². The Bertz CT molecular complexity index is 1140. The molecule has 0 fully saturated rings. The predicted molar refractivity (Wildman–Crippen MR) is 158 cm³/mol. The summed E-state index contributed by atoms with van der Waals surface area (Å²) in [6, 6.07) is 39.0. The summed E-state index contributed by atoms with van der Waals surface area (Å²) in [4.78, 5) is 11.1. The molecule has 36 heavy (non-hydrogen) atoms. The minimum atomic E-state index is -2.61. The average Bonchev–Trinajstić information content (AvgIpc) is 2.86. The molecule has 0 N–H and O–H groups in total. The molecule has 0 bridgehead atoms. The maximum absolute atomic E-state index is 11.1. The van der Waals surface area contributed by atoms with Crippen molar-refractivity contribution >= 4 is 76.3 Å². The number of rotatable bonds is 5. The van der Waals surface area contributed by atoms with Crippen LogP contribution in [0.2, 0.25) is 0 Å². The summed E-state index contributed by atoms with van der Waals surface area (Å²) >= 11 is 0. The molecule has 0 atom stereocenters. The van der Waals surface area contributed by atoms with Crippen LogP contribution in [0.3, 0.4) is 0 Å². The Morgan fingerprint density at radius 3 is 1.39 bits per heavy atom. The van der Waals surface area contributed by atoms with Gasteiger partial charge in [0.1, 0.15) is 21.7 Å². The van der Waals surface area contributed by atoms with Gasteiger partial charge in [-0.3, -0.25) is 4.79 Å². The minimum absolute atomic E-state index is 0.297. The summed E-state index contributed by atoms with van der Waals surface area (Å²) in [7, 11) is 16.1. The van der Waals surface area contributed by atoms with Crippen LogP contribution < -0.4 is 20.7 Å². The van der Waals surface area contributed by atoms with Gasteiger partial charge in [0.15, 0.2) is 0 Å². The van der Waals surface area contributed by atoms with Crippen molar-refractivity contribution in [3.63, 3.8) is 0 Å². The van der Waals surface area contributed by atoms with Crippen molar-refractivity contribution in [2.45, 2.75) is 6.92 Å². The molecule has 0 aliphatic carbocycles. The molecule has 0 saturated carbocycles. The SMILES string of the molecule is C=Cc1ccccc1.CC(=O)Oc1ccc([PH+](c2ccccc2)c2ccccc2)cc1.[Cl][Fe-]([Cl])([Cl])[Cl]. The molecule has 0 unspecified atom stereocenters. The summed E-state index contributed by atoms with van der Waals surface area (Å²) in [6.45, 7) is 5.04. The van der Waals surface area contributed by atoms with Crippen LogP contribution in [0.15, 0.2) is 122 Å². The van der Waals surface area contributed by atoms with E-state index in [4.69, 9.17) is 45.1 Å². The molecule has 4 aromatic rings. The molecule has 0 aliphatic heterocycles. The Balaban J connectivity index is 0.000000288. The van der Waals surface area contributed by atoms with E-state index in [1.807, 2.05) is 60.7 Å². The summed E-state index contributed by atoms with van der Waals surface area (Å²) < 4.78 is 5.13. The van der Waals surface area contributed by atoms with Crippen molar-refractivity contribution < 1.29 is 18.7 Å². The van der Waals surface area contributed by atoms with Gasteiger partial charge in [0.25, 0.3) is 0 Å². The fourth-order valence-corrected chi connectivity index (χ4v) is 5.71. The van der Waals surface area contributed by atoms with E-state index in [1.54, 1.807) is 0 Å². The summed E-state index contributed by atoms with van der Waals surface area (Å²) in [6.07, 6.45) is 1.83. The number of carbonyl (C=O) groups excluding carboxylic acids is 1. The summed E-state index contributed by atoms with van der Waals surface area (Å²) in [5, 5.41) is 3.94. The van der Waals surface area contributed by atoms with Gasteiger partial charge >= 0.3 is 55.6 Å². The molecule has 8 heteroatoms. The van der Waals surface area contributed by atoms with Gasteiger partial charge in [-0.2, -0.15) is 0 Å². The average molecular weight is 623 g/mol. The van der Waals surface area contributed by atoms with E-state index in [0.717, 1.165) is 0 Å². The number of benzene rings is 4. The molecule has 4 aromatic carbocycles. The first kappa shape index (κ1) is 30.4. The van der Waals surface area contributed by atoms with Gasteiger partial charge in [0.05, 0.1) is 7.92 Å². The number of esters is 1. The maximum atomic E-state index is 11.1. The molecule has 191 valence electrons. The fourth-order valence-electron chi connectivity index (χ4n) is 3.15. The van der Waals surface area contributed by atoms with Crippen molar-refractivity contribution in [1.29, 1.82) is 0 Å². The van der Waals surface area contributed by atoms with Crippen LogP contribution in [0, 0.1) is 0 Å². The molecule has 2 nitrogen and oxygen atoms in total. The monoisotopic (exact) mass is 621 g/mol. The van der Waals surface area contributed by atoms with Gasteiger partial charge in [-0.05, 0) is 54.1 Å². The molecule has 0 aromatic heterocycles. The van der Waals surface area contributed by atoms with Crippen molar-refractivity contribution in [3.8, 4) is 5.75 Å². The van der Waals surface area contributed by atoms with Crippen LogP contribution in [0.1, 0.15) is 12.5 Å². The first-order valence-electron chi connectivity index (χ1n) is 10.6. The van der Waals surface area contributed by atoms with Crippen molar-refractivity contribution in [1.82, 2.24) is 0 Å². The van der Waals surface area contributed by atoms with Gasteiger partial charge in [-0.25, -0.2) is 0 Å². The van der Waals surface area contributed by atoms with Crippen molar-refractivity contribution in [2.24, 2.45) is 0 Å². The van der Waals surface area contributed by atoms with Crippen molar-refractivity contribution in [2.75, 3.05) is 0 Å². The number of hydrogen-bond acceptors (Lipinski definition) is 2. The van der Waals surface area contributed by atoms with Gasteiger partial charge in [0, 0.05) is 6.92 Å². The number of carbonyl (C=O) groups is 1. The summed E-state index contributed by atoms with van der Waals surface area (Å²) in [5.74, 6) is 0.290. The quantitative estimate of drug-likeness (QED) is 0.0971. The third-order valence-corrected chi connectivity index (χ3v) is 7.30. The molecule has 0 amide bonds. The number of halogens is 4. The van der Waals surface area contributed by atoms with E-state index in [1.165, 1.54) is 28.4 Å². The van der Waals surface area contributed by atoms with Crippen LogP contribution >= 0.6 is 48.3 Å². The molecule has 0 radical (unpaired) electrons. The zero-order valence-corrected chi connectivity index (χ0v) is 24.6. The molecular weight excluding hydrogens is 597 g/mol. The Morgan fingerprint density at radius 1 is 0.694 bits per heavy atom. The summed E-state index contributed by atoms with van der Waals surface area (Å²) in [5.41, 5.74) is 1.17. The van der Waals surface area contributed by atoms with Gasteiger partial charge in [0.2, 0.25) is 0 Å². The number of hydrogen-bond donors (Lipinski definition) is 0. The van der Waals surface area contributed by atoms with Crippen molar-refractivity contribution in [3.05, 3.63) is 127 Å².